The first kappa shape index (κ1) is 11.5. The molecule has 15 heavy (non-hydrogen) atoms. The molecule has 2 N–H and O–H groups in total. The van der Waals surface area contributed by atoms with Gasteiger partial charge in [0.1, 0.15) is 0 Å². The molecule has 0 spiro atoms. The van der Waals surface area contributed by atoms with Crippen molar-refractivity contribution >= 4 is 29.1 Å². The van der Waals surface area contributed by atoms with Crippen LogP contribution < -0.4 is 5.73 Å². The normalized spacial score (nSPS) is 9.60. The Kier molecular flexibility index (Phi) is 3.69. The van der Waals surface area contributed by atoms with Crippen molar-refractivity contribution in [3.05, 3.63) is 48.0 Å². The van der Waals surface area contributed by atoms with Crippen molar-refractivity contribution in [1.29, 1.82) is 0 Å². The van der Waals surface area contributed by atoms with Crippen LogP contribution in [0.2, 0.25) is 0 Å². The summed E-state index contributed by atoms with van der Waals surface area (Å²) in [6, 6.07) is 13.9. The summed E-state index contributed by atoms with van der Waals surface area (Å²) < 4.78 is 0. The second-order valence-electron chi connectivity index (χ2n) is 3.28. The van der Waals surface area contributed by atoms with E-state index in [0.29, 0.717) is 6.42 Å². The van der Waals surface area contributed by atoms with Crippen molar-refractivity contribution in [2.75, 3.05) is 0 Å². The van der Waals surface area contributed by atoms with Gasteiger partial charge in [-0.1, -0.05) is 42.5 Å². The Hall–Kier alpha value is -1.54. The molecular weight excluding hydrogens is 210 g/mol. The highest BCUT2D eigenvalue weighted by Crippen LogP contribution is 2.18. The predicted octanol–water partition coefficient (Wildman–Crippen LogP) is 2.29. The van der Waals surface area contributed by atoms with Gasteiger partial charge in [-0.2, -0.15) is 0 Å². The number of rotatable bonds is 2. The molecule has 0 saturated heterocycles. The van der Waals surface area contributed by atoms with Crippen LogP contribution in [0.25, 0.3) is 10.8 Å². The van der Waals surface area contributed by atoms with E-state index in [0.717, 1.165) is 16.3 Å². The number of hydrogen-bond donors (Lipinski definition) is 1. The fourth-order valence-corrected chi connectivity index (χ4v) is 1.63. The minimum atomic E-state index is -0.290. The monoisotopic (exact) mass is 221 g/mol. The Bertz CT molecular complexity index is 477. The van der Waals surface area contributed by atoms with Crippen LogP contribution in [0.4, 0.5) is 0 Å². The molecule has 2 aromatic carbocycles. The first-order valence-corrected chi connectivity index (χ1v) is 4.52. The van der Waals surface area contributed by atoms with E-state index in [1.165, 1.54) is 0 Å². The maximum atomic E-state index is 10.8. The molecule has 78 valence electrons. The quantitative estimate of drug-likeness (QED) is 0.831. The molecule has 2 rings (SSSR count). The molecule has 0 heterocycles. The smallest absolute Gasteiger partial charge is 0.221 e. The van der Waals surface area contributed by atoms with Crippen molar-refractivity contribution < 1.29 is 4.79 Å². The fraction of sp³-hybridized carbons (Fsp3) is 0.0833. The summed E-state index contributed by atoms with van der Waals surface area (Å²) >= 11 is 0. The van der Waals surface area contributed by atoms with Crippen molar-refractivity contribution in [2.45, 2.75) is 6.42 Å². The van der Waals surface area contributed by atoms with Gasteiger partial charge in [-0.05, 0) is 16.3 Å². The number of benzene rings is 2. The van der Waals surface area contributed by atoms with Crippen LogP contribution in [-0.2, 0) is 11.2 Å². The number of primary amides is 1. The summed E-state index contributed by atoms with van der Waals surface area (Å²) in [5.74, 6) is -0.290. The van der Waals surface area contributed by atoms with Crippen LogP contribution in [0.5, 0.6) is 0 Å². The maximum absolute atomic E-state index is 10.8. The average Bonchev–Trinajstić information content (AvgIpc) is 2.18. The minimum Gasteiger partial charge on any atom is -0.369 e. The SMILES string of the molecule is Cl.NC(=O)Cc1cccc2ccccc12. The highest BCUT2D eigenvalue weighted by atomic mass is 35.5. The molecule has 0 atom stereocenters. The largest absolute Gasteiger partial charge is 0.369 e. The van der Waals surface area contributed by atoms with Gasteiger partial charge >= 0.3 is 0 Å². The molecule has 2 nitrogen and oxygen atoms in total. The Morgan fingerprint density at radius 1 is 1.07 bits per heavy atom. The van der Waals surface area contributed by atoms with Crippen LogP contribution in [0, 0.1) is 0 Å². The van der Waals surface area contributed by atoms with E-state index in [2.05, 4.69) is 0 Å². The van der Waals surface area contributed by atoms with Gasteiger partial charge in [-0.25, -0.2) is 0 Å². The Morgan fingerprint density at radius 3 is 2.47 bits per heavy atom. The van der Waals surface area contributed by atoms with Crippen LogP contribution in [-0.4, -0.2) is 5.91 Å². The van der Waals surface area contributed by atoms with Crippen molar-refractivity contribution in [1.82, 2.24) is 0 Å². The van der Waals surface area contributed by atoms with E-state index in [4.69, 9.17) is 5.73 Å². The van der Waals surface area contributed by atoms with E-state index >= 15 is 0 Å². The molecule has 1 amide bonds. The topological polar surface area (TPSA) is 43.1 Å². The number of amides is 1. The predicted molar refractivity (Wildman–Crippen MR) is 64.1 cm³/mol. The van der Waals surface area contributed by atoms with Crippen LogP contribution in [0.3, 0.4) is 0 Å². The summed E-state index contributed by atoms with van der Waals surface area (Å²) in [7, 11) is 0. The lowest BCUT2D eigenvalue weighted by atomic mass is 10.0. The van der Waals surface area contributed by atoms with Gasteiger partial charge in [0.15, 0.2) is 0 Å². The molecule has 0 aliphatic carbocycles. The van der Waals surface area contributed by atoms with Crippen molar-refractivity contribution in [3.63, 3.8) is 0 Å². The number of fused-ring (bicyclic) bond motifs is 1. The second-order valence-corrected chi connectivity index (χ2v) is 3.28. The summed E-state index contributed by atoms with van der Waals surface area (Å²) in [6.07, 6.45) is 0.307. The van der Waals surface area contributed by atoms with Crippen molar-refractivity contribution in [3.8, 4) is 0 Å². The molecular formula is C12H12ClNO. The summed E-state index contributed by atoms with van der Waals surface area (Å²) in [6.45, 7) is 0. The van der Waals surface area contributed by atoms with E-state index in [9.17, 15) is 4.79 Å². The number of carbonyl (C=O) groups is 1. The standard InChI is InChI=1S/C12H11NO.ClH/c13-12(14)8-10-6-3-5-9-4-1-2-7-11(9)10;/h1-7H,8H2,(H2,13,14);1H. The van der Waals surface area contributed by atoms with E-state index < -0.39 is 0 Å². The highest BCUT2D eigenvalue weighted by Gasteiger charge is 2.02. The number of nitrogens with two attached hydrogens (primary N) is 1. The fourth-order valence-electron chi connectivity index (χ4n) is 1.63. The molecule has 0 unspecified atom stereocenters. The van der Waals surface area contributed by atoms with Crippen LogP contribution in [0.15, 0.2) is 42.5 Å². The minimum absolute atomic E-state index is 0. The average molecular weight is 222 g/mol. The van der Waals surface area contributed by atoms with E-state index in [1.54, 1.807) is 0 Å². The van der Waals surface area contributed by atoms with Gasteiger partial charge in [0.2, 0.25) is 5.91 Å². The lowest BCUT2D eigenvalue weighted by Crippen LogP contribution is -2.13. The third-order valence-electron chi connectivity index (χ3n) is 2.24. The summed E-state index contributed by atoms with van der Waals surface area (Å²) in [4.78, 5) is 10.8. The molecule has 2 aromatic rings. The van der Waals surface area contributed by atoms with Crippen molar-refractivity contribution in [2.24, 2.45) is 5.73 Å². The molecule has 0 saturated carbocycles. The van der Waals surface area contributed by atoms with Crippen LogP contribution in [0.1, 0.15) is 5.56 Å². The zero-order valence-electron chi connectivity index (χ0n) is 8.14. The zero-order chi connectivity index (χ0) is 9.97. The Morgan fingerprint density at radius 2 is 1.73 bits per heavy atom. The molecule has 0 aliphatic heterocycles. The van der Waals surface area contributed by atoms with E-state index in [-0.39, 0.29) is 18.3 Å². The number of hydrogen-bond acceptors (Lipinski definition) is 1. The molecule has 0 radical (unpaired) electrons. The Balaban J connectivity index is 0.00000112. The first-order valence-electron chi connectivity index (χ1n) is 4.52. The molecule has 0 aliphatic rings. The first-order chi connectivity index (χ1) is 6.77. The highest BCUT2D eigenvalue weighted by molar-refractivity contribution is 5.89. The van der Waals surface area contributed by atoms with Gasteiger partial charge < -0.3 is 5.73 Å². The van der Waals surface area contributed by atoms with Gasteiger partial charge in [0.25, 0.3) is 0 Å². The van der Waals surface area contributed by atoms with Crippen LogP contribution >= 0.6 is 12.4 Å². The molecule has 0 fully saturated rings. The van der Waals surface area contributed by atoms with Gasteiger partial charge in [-0.3, -0.25) is 4.79 Å². The lowest BCUT2D eigenvalue weighted by molar-refractivity contribution is -0.117. The zero-order valence-corrected chi connectivity index (χ0v) is 8.96. The van der Waals surface area contributed by atoms with E-state index in [1.807, 2.05) is 42.5 Å². The number of halogens is 1. The lowest BCUT2D eigenvalue weighted by Gasteiger charge is -2.03. The Labute approximate surface area is 94.5 Å². The van der Waals surface area contributed by atoms with Gasteiger partial charge in [-0.15, -0.1) is 12.4 Å². The van der Waals surface area contributed by atoms with Gasteiger partial charge in [0, 0.05) is 0 Å². The third kappa shape index (κ3) is 2.48. The molecule has 0 aromatic heterocycles. The summed E-state index contributed by atoms with van der Waals surface area (Å²) in [5, 5.41) is 2.25. The molecule has 0 bridgehead atoms. The molecule has 3 heteroatoms. The third-order valence-corrected chi connectivity index (χ3v) is 2.24. The second kappa shape index (κ2) is 4.80. The maximum Gasteiger partial charge on any atom is 0.221 e. The van der Waals surface area contributed by atoms with Gasteiger partial charge in [0.05, 0.1) is 6.42 Å². The number of carbonyl (C=O) groups excluding carboxylic acids is 1. The summed E-state index contributed by atoms with van der Waals surface area (Å²) in [5.41, 5.74) is 6.17.